The van der Waals surface area contributed by atoms with Crippen molar-refractivity contribution < 1.29 is 9.59 Å². The smallest absolute Gasteiger partial charge is 0.251 e. The molecule has 1 heterocycles. The molecule has 5 nitrogen and oxygen atoms in total. The largest absolute Gasteiger partial charge is 0.398 e. The van der Waals surface area contributed by atoms with Gasteiger partial charge in [0.1, 0.15) is 5.00 Å². The predicted molar refractivity (Wildman–Crippen MR) is 88.1 cm³/mol. The Morgan fingerprint density at radius 3 is 2.81 bits per heavy atom. The minimum absolute atomic E-state index is 0.153. The number of amides is 2. The number of benzene rings is 1. The molecular formula is C13H12ClN3O2S2. The molecule has 2 rings (SSSR count). The molecule has 21 heavy (non-hydrogen) atoms. The van der Waals surface area contributed by atoms with E-state index < -0.39 is 5.91 Å². The summed E-state index contributed by atoms with van der Waals surface area (Å²) in [5.41, 5.74) is 11.9. The maximum absolute atomic E-state index is 11.9. The number of rotatable bonds is 5. The van der Waals surface area contributed by atoms with Crippen molar-refractivity contribution in [3.63, 3.8) is 0 Å². The highest BCUT2D eigenvalue weighted by Crippen LogP contribution is 2.28. The van der Waals surface area contributed by atoms with Crippen LogP contribution in [0.5, 0.6) is 0 Å². The first-order chi connectivity index (χ1) is 9.97. The fourth-order valence-electron chi connectivity index (χ4n) is 1.54. The van der Waals surface area contributed by atoms with Gasteiger partial charge in [-0.15, -0.1) is 23.1 Å². The van der Waals surface area contributed by atoms with Gasteiger partial charge in [0.15, 0.2) is 0 Å². The number of thioether (sulfide) groups is 1. The molecule has 0 fully saturated rings. The van der Waals surface area contributed by atoms with Crippen molar-refractivity contribution >= 4 is 57.2 Å². The quantitative estimate of drug-likeness (QED) is 0.575. The summed E-state index contributed by atoms with van der Waals surface area (Å²) in [5, 5.41) is 5.36. The molecule has 0 aliphatic rings. The van der Waals surface area contributed by atoms with Crippen molar-refractivity contribution in [2.24, 2.45) is 5.73 Å². The van der Waals surface area contributed by atoms with Gasteiger partial charge in [-0.3, -0.25) is 9.59 Å². The molecule has 1 aromatic carbocycles. The maximum Gasteiger partial charge on any atom is 0.251 e. The average Bonchev–Trinajstić information content (AvgIpc) is 2.88. The molecule has 5 N–H and O–H groups in total. The number of halogens is 1. The average molecular weight is 342 g/mol. The summed E-state index contributed by atoms with van der Waals surface area (Å²) >= 11 is 8.40. The lowest BCUT2D eigenvalue weighted by atomic mass is 10.3. The number of nitrogen functional groups attached to an aromatic ring is 1. The Labute approximate surface area is 134 Å². The molecule has 0 saturated carbocycles. The van der Waals surface area contributed by atoms with Crippen LogP contribution in [-0.4, -0.2) is 17.6 Å². The van der Waals surface area contributed by atoms with E-state index in [9.17, 15) is 9.59 Å². The molecule has 0 bridgehead atoms. The number of primary amides is 1. The van der Waals surface area contributed by atoms with Crippen LogP contribution >= 0.6 is 34.7 Å². The Balaban J connectivity index is 1.98. The third-order valence-corrected chi connectivity index (χ3v) is 4.65. The van der Waals surface area contributed by atoms with Gasteiger partial charge in [-0.2, -0.15) is 0 Å². The van der Waals surface area contributed by atoms with E-state index in [1.807, 2.05) is 0 Å². The number of carbonyl (C=O) groups is 2. The number of anilines is 2. The number of nitrogens with one attached hydrogen (secondary N) is 1. The third kappa shape index (κ3) is 4.13. The van der Waals surface area contributed by atoms with Crippen LogP contribution in [0.1, 0.15) is 10.4 Å². The fraction of sp³-hybridized carbons (Fsp3) is 0.0769. The summed E-state index contributed by atoms with van der Waals surface area (Å²) in [6.07, 6.45) is 0. The lowest BCUT2D eigenvalue weighted by Crippen LogP contribution is -2.17. The summed E-state index contributed by atoms with van der Waals surface area (Å²) in [6.45, 7) is 0. The van der Waals surface area contributed by atoms with Crippen molar-refractivity contribution in [3.8, 4) is 0 Å². The van der Waals surface area contributed by atoms with Crippen LogP contribution in [0.3, 0.4) is 0 Å². The zero-order valence-corrected chi connectivity index (χ0v) is 13.1. The highest BCUT2D eigenvalue weighted by atomic mass is 35.5. The van der Waals surface area contributed by atoms with Gasteiger partial charge in [0.2, 0.25) is 5.91 Å². The summed E-state index contributed by atoms with van der Waals surface area (Å²) in [4.78, 5) is 23.8. The van der Waals surface area contributed by atoms with Gasteiger partial charge >= 0.3 is 0 Å². The summed E-state index contributed by atoms with van der Waals surface area (Å²) in [7, 11) is 0. The second-order valence-electron chi connectivity index (χ2n) is 4.05. The Bertz CT molecular complexity index is 688. The van der Waals surface area contributed by atoms with Crippen LogP contribution in [0.2, 0.25) is 5.02 Å². The van der Waals surface area contributed by atoms with Gasteiger partial charge in [0.05, 0.1) is 11.3 Å². The van der Waals surface area contributed by atoms with Gasteiger partial charge in [-0.25, -0.2) is 0 Å². The first-order valence-electron chi connectivity index (χ1n) is 5.82. The van der Waals surface area contributed by atoms with E-state index in [1.54, 1.807) is 29.6 Å². The van der Waals surface area contributed by atoms with Crippen molar-refractivity contribution in [1.82, 2.24) is 0 Å². The minimum Gasteiger partial charge on any atom is -0.398 e. The van der Waals surface area contributed by atoms with E-state index in [0.29, 0.717) is 21.3 Å². The van der Waals surface area contributed by atoms with Crippen molar-refractivity contribution in [2.75, 3.05) is 16.8 Å². The van der Waals surface area contributed by atoms with Gasteiger partial charge in [0, 0.05) is 15.6 Å². The lowest BCUT2D eigenvalue weighted by Gasteiger charge is -2.07. The minimum atomic E-state index is -0.571. The lowest BCUT2D eigenvalue weighted by molar-refractivity contribution is -0.113. The highest BCUT2D eigenvalue weighted by molar-refractivity contribution is 8.00. The van der Waals surface area contributed by atoms with Crippen molar-refractivity contribution in [3.05, 3.63) is 40.2 Å². The van der Waals surface area contributed by atoms with Crippen LogP contribution in [0.15, 0.2) is 34.5 Å². The molecule has 110 valence electrons. The normalized spacial score (nSPS) is 10.3. The third-order valence-electron chi connectivity index (χ3n) is 2.52. The topological polar surface area (TPSA) is 98.2 Å². The van der Waals surface area contributed by atoms with Crippen LogP contribution in [-0.2, 0) is 4.79 Å². The summed E-state index contributed by atoms with van der Waals surface area (Å²) in [6, 6.07) is 6.65. The summed E-state index contributed by atoms with van der Waals surface area (Å²) in [5.74, 6) is -0.664. The van der Waals surface area contributed by atoms with Gasteiger partial charge in [-0.05, 0) is 29.6 Å². The highest BCUT2D eigenvalue weighted by Gasteiger charge is 2.13. The van der Waals surface area contributed by atoms with E-state index in [1.165, 1.54) is 23.1 Å². The van der Waals surface area contributed by atoms with E-state index in [0.717, 1.165) is 4.90 Å². The predicted octanol–water partition coefficient (Wildman–Crippen LogP) is 2.81. The molecular weight excluding hydrogens is 330 g/mol. The first-order valence-corrected chi connectivity index (χ1v) is 8.06. The molecule has 0 aliphatic carbocycles. The van der Waals surface area contributed by atoms with Crippen LogP contribution in [0.25, 0.3) is 0 Å². The molecule has 0 atom stereocenters. The zero-order chi connectivity index (χ0) is 15.4. The number of nitrogens with two attached hydrogens (primary N) is 2. The van der Waals surface area contributed by atoms with E-state index in [-0.39, 0.29) is 11.7 Å². The molecule has 2 aromatic rings. The Morgan fingerprint density at radius 2 is 2.10 bits per heavy atom. The zero-order valence-electron chi connectivity index (χ0n) is 10.8. The standard InChI is InChI=1S/C13H12ClN3O2S2/c14-7-1-2-9(15)10(5-7)21-6-11(18)17-13-8(12(16)19)3-4-20-13/h1-5H,6,15H2,(H2,16,19)(H,17,18). The van der Waals surface area contributed by atoms with Crippen molar-refractivity contribution in [2.45, 2.75) is 4.90 Å². The Morgan fingerprint density at radius 1 is 1.33 bits per heavy atom. The SMILES string of the molecule is NC(=O)c1ccsc1NC(=O)CSc1cc(Cl)ccc1N. The first kappa shape index (κ1) is 15.7. The van der Waals surface area contributed by atoms with E-state index >= 15 is 0 Å². The van der Waals surface area contributed by atoms with Crippen LogP contribution in [0, 0.1) is 0 Å². The van der Waals surface area contributed by atoms with Crippen molar-refractivity contribution in [1.29, 1.82) is 0 Å². The van der Waals surface area contributed by atoms with Gasteiger partial charge in [0.25, 0.3) is 5.91 Å². The number of hydrogen-bond donors (Lipinski definition) is 3. The van der Waals surface area contributed by atoms with E-state index in [2.05, 4.69) is 5.32 Å². The molecule has 0 radical (unpaired) electrons. The fourth-order valence-corrected chi connectivity index (χ4v) is 3.39. The molecule has 0 spiro atoms. The Kier molecular flexibility index (Phi) is 5.11. The number of hydrogen-bond acceptors (Lipinski definition) is 5. The second-order valence-corrected chi connectivity index (χ2v) is 6.42. The second kappa shape index (κ2) is 6.84. The molecule has 0 aliphatic heterocycles. The molecule has 1 aromatic heterocycles. The number of thiophene rings is 1. The monoisotopic (exact) mass is 341 g/mol. The maximum atomic E-state index is 11.9. The Hall–Kier alpha value is -1.70. The van der Waals surface area contributed by atoms with Gasteiger partial charge < -0.3 is 16.8 Å². The molecule has 8 heteroatoms. The molecule has 2 amide bonds. The molecule has 0 unspecified atom stereocenters. The van der Waals surface area contributed by atoms with E-state index in [4.69, 9.17) is 23.1 Å². The van der Waals surface area contributed by atoms with Crippen LogP contribution in [0.4, 0.5) is 10.7 Å². The molecule has 0 saturated heterocycles. The van der Waals surface area contributed by atoms with Gasteiger partial charge in [-0.1, -0.05) is 11.6 Å². The van der Waals surface area contributed by atoms with Crippen LogP contribution < -0.4 is 16.8 Å². The summed E-state index contributed by atoms with van der Waals surface area (Å²) < 4.78 is 0. The number of carbonyl (C=O) groups excluding carboxylic acids is 2.